The lowest BCUT2D eigenvalue weighted by atomic mass is 10.2. The lowest BCUT2D eigenvalue weighted by Gasteiger charge is -2.20. The van der Waals surface area contributed by atoms with Gasteiger partial charge in [0.05, 0.1) is 12.6 Å². The predicted octanol–water partition coefficient (Wildman–Crippen LogP) is 1.14. The molecule has 3 aliphatic heterocycles. The van der Waals surface area contributed by atoms with E-state index in [1.165, 1.54) is 31.6 Å². The van der Waals surface area contributed by atoms with Gasteiger partial charge in [0.2, 0.25) is 0 Å². The maximum absolute atomic E-state index is 5.53. The number of nitrogens with zero attached hydrogens (tertiary/aromatic N) is 1. The zero-order chi connectivity index (χ0) is 7.26. The van der Waals surface area contributed by atoms with E-state index in [0.717, 1.165) is 12.6 Å². The molecule has 3 aliphatic rings. The zero-order valence-electron chi connectivity index (χ0n) is 6.62. The average Bonchev–Trinajstić information content (AvgIpc) is 2.52. The van der Waals surface area contributed by atoms with Gasteiger partial charge < -0.3 is 4.74 Å². The summed E-state index contributed by atoms with van der Waals surface area (Å²) >= 11 is 0. The lowest BCUT2D eigenvalue weighted by Crippen LogP contribution is -2.31. The third kappa shape index (κ3) is 0.707. The first-order chi connectivity index (χ1) is 5.45. The predicted molar refractivity (Wildman–Crippen MR) is 42.2 cm³/mol. The van der Waals surface area contributed by atoms with Crippen molar-refractivity contribution in [3.8, 4) is 0 Å². The molecule has 0 saturated carbocycles. The van der Waals surface area contributed by atoms with Crippen molar-refractivity contribution in [2.24, 2.45) is 0 Å². The maximum Gasteiger partial charge on any atom is 0.111 e. The molecule has 11 heavy (non-hydrogen) atoms. The Hall–Kier alpha value is -0.500. The molecule has 2 heteroatoms. The number of ether oxygens (including phenoxy) is 1. The molecule has 2 atom stereocenters. The lowest BCUT2D eigenvalue weighted by molar-refractivity contribution is 0.246. The van der Waals surface area contributed by atoms with Crippen LogP contribution in [0.25, 0.3) is 0 Å². The minimum atomic E-state index is 0.669. The van der Waals surface area contributed by atoms with Gasteiger partial charge in [-0.05, 0) is 25.5 Å². The summed E-state index contributed by atoms with van der Waals surface area (Å²) in [5.74, 6) is 1.27. The average molecular weight is 151 g/mol. The number of hydrogen-bond donors (Lipinski definition) is 0. The van der Waals surface area contributed by atoms with Gasteiger partial charge in [0.1, 0.15) is 5.76 Å². The maximum atomic E-state index is 5.53. The van der Waals surface area contributed by atoms with Gasteiger partial charge in [0.25, 0.3) is 0 Å². The smallest absolute Gasteiger partial charge is 0.111 e. The van der Waals surface area contributed by atoms with Crippen molar-refractivity contribution >= 4 is 0 Å². The highest BCUT2D eigenvalue weighted by atomic mass is 16.5. The van der Waals surface area contributed by atoms with Gasteiger partial charge in [-0.25, -0.2) is 0 Å². The molecule has 0 spiro atoms. The van der Waals surface area contributed by atoms with Crippen LogP contribution in [-0.4, -0.2) is 30.1 Å². The van der Waals surface area contributed by atoms with Gasteiger partial charge in [0, 0.05) is 12.5 Å². The van der Waals surface area contributed by atoms with Crippen LogP contribution in [0.15, 0.2) is 11.8 Å². The second-order valence-electron chi connectivity index (χ2n) is 3.67. The van der Waals surface area contributed by atoms with Gasteiger partial charge in [-0.1, -0.05) is 0 Å². The van der Waals surface area contributed by atoms with Crippen molar-refractivity contribution in [1.82, 2.24) is 4.90 Å². The molecule has 2 saturated heterocycles. The van der Waals surface area contributed by atoms with Crippen molar-refractivity contribution in [2.75, 3.05) is 13.2 Å². The fraction of sp³-hybridized carbons (Fsp3) is 0.778. The van der Waals surface area contributed by atoms with E-state index in [-0.39, 0.29) is 0 Å². The summed E-state index contributed by atoms with van der Waals surface area (Å²) in [6, 6.07) is 1.40. The van der Waals surface area contributed by atoms with Crippen LogP contribution in [0.4, 0.5) is 0 Å². The molecule has 2 unspecified atom stereocenters. The highest BCUT2D eigenvalue weighted by Gasteiger charge is 2.40. The van der Waals surface area contributed by atoms with Crippen molar-refractivity contribution < 1.29 is 4.74 Å². The fourth-order valence-electron chi connectivity index (χ4n) is 2.59. The molecule has 60 valence electrons. The SMILES string of the molecule is C1=C2OCCC2N2CCCC12. The number of hydrogen-bond acceptors (Lipinski definition) is 2. The topological polar surface area (TPSA) is 12.5 Å². The van der Waals surface area contributed by atoms with E-state index in [0.29, 0.717) is 6.04 Å². The molecule has 0 radical (unpaired) electrons. The number of rotatable bonds is 0. The second kappa shape index (κ2) is 2.01. The van der Waals surface area contributed by atoms with E-state index in [2.05, 4.69) is 11.0 Å². The molecular weight excluding hydrogens is 138 g/mol. The molecule has 0 aromatic carbocycles. The largest absolute Gasteiger partial charge is 0.496 e. The molecule has 0 amide bonds. The van der Waals surface area contributed by atoms with E-state index in [4.69, 9.17) is 4.74 Å². The quantitative estimate of drug-likeness (QED) is 0.514. The van der Waals surface area contributed by atoms with Crippen LogP contribution in [-0.2, 0) is 4.74 Å². The summed E-state index contributed by atoms with van der Waals surface area (Å²) in [4.78, 5) is 2.60. The Bertz CT molecular complexity index is 212. The van der Waals surface area contributed by atoms with Gasteiger partial charge in [-0.3, -0.25) is 4.90 Å². The summed E-state index contributed by atoms with van der Waals surface area (Å²) in [6.07, 6.45) is 6.29. The molecule has 2 fully saturated rings. The first-order valence-electron chi connectivity index (χ1n) is 4.55. The minimum Gasteiger partial charge on any atom is -0.496 e. The van der Waals surface area contributed by atoms with Crippen LogP contribution in [0.2, 0.25) is 0 Å². The van der Waals surface area contributed by atoms with Crippen LogP contribution < -0.4 is 0 Å². The van der Waals surface area contributed by atoms with Crippen LogP contribution in [0, 0.1) is 0 Å². The molecule has 0 N–H and O–H groups in total. The van der Waals surface area contributed by atoms with Crippen molar-refractivity contribution in [2.45, 2.75) is 31.3 Å². The third-order valence-electron chi connectivity index (χ3n) is 3.09. The highest BCUT2D eigenvalue weighted by molar-refractivity contribution is 5.20. The number of fused-ring (bicyclic) bond motifs is 3. The summed E-state index contributed by atoms with van der Waals surface area (Å²) in [5, 5.41) is 0. The van der Waals surface area contributed by atoms with Crippen LogP contribution in [0.3, 0.4) is 0 Å². The Labute approximate surface area is 66.8 Å². The van der Waals surface area contributed by atoms with Gasteiger partial charge >= 0.3 is 0 Å². The van der Waals surface area contributed by atoms with Crippen molar-refractivity contribution in [1.29, 1.82) is 0 Å². The van der Waals surface area contributed by atoms with Gasteiger partial charge in [0.15, 0.2) is 0 Å². The molecule has 2 nitrogen and oxygen atoms in total. The molecule has 0 aliphatic carbocycles. The minimum absolute atomic E-state index is 0.669. The molecule has 0 bridgehead atoms. The Morgan fingerprint density at radius 1 is 1.45 bits per heavy atom. The van der Waals surface area contributed by atoms with E-state index < -0.39 is 0 Å². The summed E-state index contributed by atoms with van der Waals surface area (Å²) in [5.41, 5.74) is 0. The molecule has 3 rings (SSSR count). The normalized spacial score (nSPS) is 41.6. The van der Waals surface area contributed by atoms with Gasteiger partial charge in [-0.2, -0.15) is 0 Å². The Morgan fingerprint density at radius 2 is 2.45 bits per heavy atom. The van der Waals surface area contributed by atoms with Crippen LogP contribution in [0.1, 0.15) is 19.3 Å². The fourth-order valence-corrected chi connectivity index (χ4v) is 2.59. The first-order valence-corrected chi connectivity index (χ1v) is 4.55. The Morgan fingerprint density at radius 3 is 3.45 bits per heavy atom. The van der Waals surface area contributed by atoms with E-state index in [1.807, 2.05) is 0 Å². The van der Waals surface area contributed by atoms with Crippen molar-refractivity contribution in [3.05, 3.63) is 11.8 Å². The molecule has 0 aromatic heterocycles. The molecular formula is C9H13NO. The first kappa shape index (κ1) is 6.06. The van der Waals surface area contributed by atoms with Crippen LogP contribution in [0.5, 0.6) is 0 Å². The van der Waals surface area contributed by atoms with Crippen LogP contribution >= 0.6 is 0 Å². The Balaban J connectivity index is 1.93. The third-order valence-corrected chi connectivity index (χ3v) is 3.09. The Kier molecular flexibility index (Phi) is 1.11. The van der Waals surface area contributed by atoms with E-state index in [1.54, 1.807) is 0 Å². The summed E-state index contributed by atoms with van der Waals surface area (Å²) in [7, 11) is 0. The second-order valence-corrected chi connectivity index (χ2v) is 3.67. The monoisotopic (exact) mass is 151 g/mol. The van der Waals surface area contributed by atoms with E-state index >= 15 is 0 Å². The highest BCUT2D eigenvalue weighted by Crippen LogP contribution is 2.36. The zero-order valence-corrected chi connectivity index (χ0v) is 6.62. The molecule has 3 heterocycles. The molecule has 0 aromatic rings. The standard InChI is InChI=1S/C9H13NO/c1-2-7-6-9-8(3-5-11-9)10(7)4-1/h6-8H,1-5H2. The van der Waals surface area contributed by atoms with E-state index in [9.17, 15) is 0 Å². The summed E-state index contributed by atoms with van der Waals surface area (Å²) in [6.45, 7) is 2.23. The van der Waals surface area contributed by atoms with Crippen molar-refractivity contribution in [3.63, 3.8) is 0 Å². The van der Waals surface area contributed by atoms with Gasteiger partial charge in [-0.15, -0.1) is 0 Å². The summed E-state index contributed by atoms with van der Waals surface area (Å²) < 4.78 is 5.53.